The first-order chi connectivity index (χ1) is 18.2. The van der Waals surface area contributed by atoms with Gasteiger partial charge in [-0.15, -0.1) is 0 Å². The highest BCUT2D eigenvalue weighted by molar-refractivity contribution is 5.98. The van der Waals surface area contributed by atoms with Gasteiger partial charge in [0.2, 0.25) is 11.8 Å². The second-order valence-electron chi connectivity index (χ2n) is 10.3. The van der Waals surface area contributed by atoms with Crippen LogP contribution in [0.25, 0.3) is 0 Å². The van der Waals surface area contributed by atoms with Crippen molar-refractivity contribution in [2.75, 3.05) is 0 Å². The van der Waals surface area contributed by atoms with Crippen LogP contribution in [0.1, 0.15) is 49.2 Å². The third-order valence-corrected chi connectivity index (χ3v) is 7.24. The SMILES string of the molecule is C[C@H]1CC(=O)C(C2CC2)NC(=O)[C@H](C)[C@H](O)[C@H](Cc2cccnc2)NC(=O)[C@H]1NC(=O)c1ncccc1O. The van der Waals surface area contributed by atoms with Crippen LogP contribution in [0.5, 0.6) is 5.75 Å². The summed E-state index contributed by atoms with van der Waals surface area (Å²) in [5.74, 6) is -4.04. The van der Waals surface area contributed by atoms with Crippen LogP contribution < -0.4 is 16.0 Å². The van der Waals surface area contributed by atoms with Crippen LogP contribution in [0, 0.1) is 17.8 Å². The number of aliphatic hydroxyl groups is 1. The van der Waals surface area contributed by atoms with Gasteiger partial charge in [-0.25, -0.2) is 4.98 Å². The van der Waals surface area contributed by atoms with E-state index >= 15 is 0 Å². The Morgan fingerprint density at radius 1 is 1.08 bits per heavy atom. The van der Waals surface area contributed by atoms with Gasteiger partial charge in [0, 0.05) is 25.0 Å². The van der Waals surface area contributed by atoms with Crippen LogP contribution in [0.4, 0.5) is 0 Å². The number of pyridine rings is 2. The number of rotatable bonds is 5. The zero-order valence-electron chi connectivity index (χ0n) is 21.3. The quantitative estimate of drug-likeness (QED) is 0.377. The highest BCUT2D eigenvalue weighted by Gasteiger charge is 2.42. The lowest BCUT2D eigenvalue weighted by Crippen LogP contribution is -2.59. The van der Waals surface area contributed by atoms with Crippen molar-refractivity contribution in [2.24, 2.45) is 17.8 Å². The number of amides is 3. The molecule has 6 atom stereocenters. The van der Waals surface area contributed by atoms with E-state index in [2.05, 4.69) is 25.9 Å². The number of nitrogens with one attached hydrogen (secondary N) is 3. The Bertz CT molecular complexity index is 1190. The maximum atomic E-state index is 13.6. The molecule has 1 aliphatic heterocycles. The number of aliphatic hydroxyl groups excluding tert-OH is 1. The molecule has 0 bridgehead atoms. The molecule has 4 rings (SSSR count). The molecule has 202 valence electrons. The fourth-order valence-corrected chi connectivity index (χ4v) is 4.79. The normalized spacial score (nSPS) is 28.9. The predicted molar refractivity (Wildman–Crippen MR) is 136 cm³/mol. The molecule has 0 radical (unpaired) electrons. The topological polar surface area (TPSA) is 171 Å². The van der Waals surface area contributed by atoms with Crippen LogP contribution in [0.15, 0.2) is 42.9 Å². The Kier molecular flexibility index (Phi) is 8.35. The van der Waals surface area contributed by atoms with Crippen molar-refractivity contribution in [1.82, 2.24) is 25.9 Å². The monoisotopic (exact) mass is 523 g/mol. The lowest BCUT2D eigenvalue weighted by Gasteiger charge is -2.33. The molecule has 3 heterocycles. The minimum absolute atomic E-state index is 0.00413. The summed E-state index contributed by atoms with van der Waals surface area (Å²) < 4.78 is 0. The van der Waals surface area contributed by atoms with E-state index in [1.165, 1.54) is 18.3 Å². The second kappa shape index (κ2) is 11.7. The van der Waals surface area contributed by atoms with Crippen molar-refractivity contribution in [3.05, 3.63) is 54.1 Å². The maximum absolute atomic E-state index is 13.6. The summed E-state index contributed by atoms with van der Waals surface area (Å²) in [4.78, 5) is 60.9. The molecule has 2 fully saturated rings. The molecule has 5 N–H and O–H groups in total. The third-order valence-electron chi connectivity index (χ3n) is 7.24. The van der Waals surface area contributed by atoms with Crippen LogP contribution in [0.2, 0.25) is 0 Å². The Morgan fingerprint density at radius 2 is 1.82 bits per heavy atom. The Labute approximate surface area is 220 Å². The van der Waals surface area contributed by atoms with Crippen LogP contribution >= 0.6 is 0 Å². The molecule has 0 spiro atoms. The smallest absolute Gasteiger partial charge is 0.274 e. The zero-order valence-corrected chi connectivity index (χ0v) is 21.3. The number of aromatic hydroxyl groups is 1. The van der Waals surface area contributed by atoms with Gasteiger partial charge in [-0.2, -0.15) is 0 Å². The molecule has 1 aliphatic carbocycles. The minimum Gasteiger partial charge on any atom is -0.505 e. The lowest BCUT2D eigenvalue weighted by atomic mass is 9.87. The summed E-state index contributed by atoms with van der Waals surface area (Å²) >= 11 is 0. The molecule has 1 saturated heterocycles. The first-order valence-corrected chi connectivity index (χ1v) is 12.8. The van der Waals surface area contributed by atoms with E-state index in [0.29, 0.717) is 0 Å². The van der Waals surface area contributed by atoms with Gasteiger partial charge < -0.3 is 26.2 Å². The minimum atomic E-state index is -1.29. The Morgan fingerprint density at radius 3 is 2.47 bits per heavy atom. The van der Waals surface area contributed by atoms with Crippen LogP contribution in [-0.4, -0.2) is 67.9 Å². The number of hydrogen-bond donors (Lipinski definition) is 5. The van der Waals surface area contributed by atoms with Gasteiger partial charge in [0.25, 0.3) is 5.91 Å². The molecule has 0 aromatic carbocycles. The third kappa shape index (κ3) is 6.34. The molecule has 1 saturated carbocycles. The molecular formula is C27H33N5O6. The van der Waals surface area contributed by atoms with E-state index in [1.807, 2.05) is 0 Å². The van der Waals surface area contributed by atoms with E-state index in [-0.39, 0.29) is 36.0 Å². The molecular weight excluding hydrogens is 490 g/mol. The number of hydrogen-bond acceptors (Lipinski definition) is 8. The number of carbonyl (C=O) groups excluding carboxylic acids is 4. The molecule has 11 nitrogen and oxygen atoms in total. The Balaban J connectivity index is 1.66. The van der Waals surface area contributed by atoms with Gasteiger partial charge >= 0.3 is 0 Å². The van der Waals surface area contributed by atoms with Gasteiger partial charge in [0.05, 0.1) is 24.1 Å². The van der Waals surface area contributed by atoms with Gasteiger partial charge in [0.1, 0.15) is 11.8 Å². The molecule has 3 amide bonds. The van der Waals surface area contributed by atoms with Crippen molar-refractivity contribution >= 4 is 23.5 Å². The summed E-state index contributed by atoms with van der Waals surface area (Å²) in [6.45, 7) is 3.21. The second-order valence-corrected chi connectivity index (χ2v) is 10.3. The fourth-order valence-electron chi connectivity index (χ4n) is 4.79. The Hall–Kier alpha value is -3.86. The largest absolute Gasteiger partial charge is 0.505 e. The van der Waals surface area contributed by atoms with E-state index in [4.69, 9.17) is 0 Å². The summed E-state index contributed by atoms with van der Waals surface area (Å²) in [5, 5.41) is 29.5. The molecule has 11 heteroatoms. The number of Topliss-reactive ketones (excluding diaryl/α,β-unsaturated/α-hetero) is 1. The van der Waals surface area contributed by atoms with Crippen molar-refractivity contribution < 1.29 is 29.4 Å². The average molecular weight is 524 g/mol. The molecule has 38 heavy (non-hydrogen) atoms. The number of aromatic nitrogens is 2. The van der Waals surface area contributed by atoms with E-state index in [0.717, 1.165) is 18.4 Å². The van der Waals surface area contributed by atoms with E-state index in [9.17, 15) is 29.4 Å². The molecule has 1 unspecified atom stereocenters. The molecule has 2 aromatic rings. The molecule has 2 aromatic heterocycles. The van der Waals surface area contributed by atoms with Crippen molar-refractivity contribution in [3.8, 4) is 5.75 Å². The number of carbonyl (C=O) groups is 4. The zero-order chi connectivity index (χ0) is 27.4. The van der Waals surface area contributed by atoms with Crippen LogP contribution in [-0.2, 0) is 20.8 Å². The summed E-state index contributed by atoms with van der Waals surface area (Å²) in [7, 11) is 0. The fraction of sp³-hybridized carbons (Fsp3) is 0.481. The van der Waals surface area contributed by atoms with Crippen molar-refractivity contribution in [1.29, 1.82) is 0 Å². The van der Waals surface area contributed by atoms with Crippen LogP contribution in [0.3, 0.4) is 0 Å². The average Bonchev–Trinajstić information content (AvgIpc) is 3.74. The highest BCUT2D eigenvalue weighted by atomic mass is 16.3. The maximum Gasteiger partial charge on any atom is 0.274 e. The highest BCUT2D eigenvalue weighted by Crippen LogP contribution is 2.34. The first kappa shape index (κ1) is 27.2. The van der Waals surface area contributed by atoms with Gasteiger partial charge in [-0.3, -0.25) is 24.2 Å². The van der Waals surface area contributed by atoms with Crippen molar-refractivity contribution in [3.63, 3.8) is 0 Å². The van der Waals surface area contributed by atoms with E-state index in [1.54, 1.807) is 38.4 Å². The predicted octanol–water partition coefficient (Wildman–Crippen LogP) is 0.509. The van der Waals surface area contributed by atoms with E-state index < -0.39 is 53.8 Å². The van der Waals surface area contributed by atoms with Gasteiger partial charge in [-0.05, 0) is 54.9 Å². The summed E-state index contributed by atoms with van der Waals surface area (Å²) in [6, 6.07) is 3.49. The summed E-state index contributed by atoms with van der Waals surface area (Å²) in [6.07, 6.45) is 4.96. The van der Waals surface area contributed by atoms with Gasteiger partial charge in [-0.1, -0.05) is 19.9 Å². The lowest BCUT2D eigenvalue weighted by molar-refractivity contribution is -0.136. The summed E-state index contributed by atoms with van der Waals surface area (Å²) in [5.41, 5.74) is 0.475. The standard InChI is InChI=1S/C27H33N5O6/c1-14-11-20(34)22(17-7-8-17)32-25(36)15(2)24(35)18(12-16-5-3-9-28-13-16)30-26(37)21(14)31-27(38)23-19(33)6-4-10-29-23/h3-6,9-10,13-15,17-18,21-22,24,33,35H,7-8,11-12H2,1-2H3,(H,30,37)(H,31,38)(H,32,36)/t14-,15+,18-,21-,22?,24-/m0/s1. The first-order valence-electron chi connectivity index (χ1n) is 12.8. The number of ketones is 1. The van der Waals surface area contributed by atoms with Gasteiger partial charge in [0.15, 0.2) is 11.5 Å². The number of nitrogens with zero attached hydrogens (tertiary/aromatic N) is 2. The van der Waals surface area contributed by atoms with Crippen molar-refractivity contribution in [2.45, 2.75) is 63.8 Å². The molecule has 2 aliphatic rings.